The number of methoxy groups -OCH3 is 1. The zero-order valence-corrected chi connectivity index (χ0v) is 15.0. The standard InChI is InChI=1S/C21H24N2O2/c1-16-8-9-20(25-3)18(14-16)15-22(2)21(24)11-13-23-12-10-17-6-4-5-7-19(17)23/h4-10,12,14H,11,13,15H2,1-3H3. The van der Waals surface area contributed by atoms with E-state index in [2.05, 4.69) is 28.8 Å². The number of hydrogen-bond acceptors (Lipinski definition) is 2. The molecule has 3 aromatic rings. The van der Waals surface area contributed by atoms with E-state index >= 15 is 0 Å². The van der Waals surface area contributed by atoms with Gasteiger partial charge in [0, 0.05) is 43.8 Å². The second-order valence-electron chi connectivity index (χ2n) is 6.38. The molecule has 0 aliphatic carbocycles. The molecule has 4 heteroatoms. The van der Waals surface area contributed by atoms with E-state index in [1.165, 1.54) is 10.9 Å². The third-order valence-corrected chi connectivity index (χ3v) is 4.52. The fourth-order valence-electron chi connectivity index (χ4n) is 3.12. The molecular formula is C21H24N2O2. The average Bonchev–Trinajstić information content (AvgIpc) is 3.03. The van der Waals surface area contributed by atoms with Crippen LogP contribution in [0.2, 0.25) is 0 Å². The number of hydrogen-bond donors (Lipinski definition) is 0. The topological polar surface area (TPSA) is 34.5 Å². The molecule has 0 aliphatic heterocycles. The Morgan fingerprint density at radius 1 is 1.16 bits per heavy atom. The molecule has 1 amide bonds. The lowest BCUT2D eigenvalue weighted by atomic mass is 10.1. The van der Waals surface area contributed by atoms with Crippen molar-refractivity contribution in [3.8, 4) is 5.75 Å². The average molecular weight is 336 g/mol. The van der Waals surface area contributed by atoms with Crippen molar-refractivity contribution < 1.29 is 9.53 Å². The molecule has 0 aliphatic rings. The summed E-state index contributed by atoms with van der Waals surface area (Å²) >= 11 is 0. The van der Waals surface area contributed by atoms with Crippen LogP contribution in [-0.2, 0) is 17.9 Å². The summed E-state index contributed by atoms with van der Waals surface area (Å²) in [6, 6.07) is 16.3. The number of para-hydroxylation sites is 1. The third kappa shape index (κ3) is 3.85. The SMILES string of the molecule is COc1ccc(C)cc1CN(C)C(=O)CCn1ccc2ccccc21. The molecule has 25 heavy (non-hydrogen) atoms. The number of carbonyl (C=O) groups is 1. The molecule has 0 atom stereocenters. The summed E-state index contributed by atoms with van der Waals surface area (Å²) < 4.78 is 7.54. The van der Waals surface area contributed by atoms with Gasteiger partial charge in [-0.25, -0.2) is 0 Å². The van der Waals surface area contributed by atoms with Crippen molar-refractivity contribution >= 4 is 16.8 Å². The van der Waals surface area contributed by atoms with Gasteiger partial charge in [0.1, 0.15) is 5.75 Å². The predicted octanol–water partition coefficient (Wildman–Crippen LogP) is 4.01. The van der Waals surface area contributed by atoms with E-state index in [1.54, 1.807) is 12.0 Å². The number of aryl methyl sites for hydroxylation is 2. The summed E-state index contributed by atoms with van der Waals surface area (Å²) in [5.74, 6) is 0.947. The second kappa shape index (κ2) is 7.43. The Morgan fingerprint density at radius 2 is 1.96 bits per heavy atom. The van der Waals surface area contributed by atoms with Crippen LogP contribution in [0, 0.1) is 6.92 Å². The molecule has 0 bridgehead atoms. The summed E-state index contributed by atoms with van der Waals surface area (Å²) in [6.45, 7) is 3.28. The molecule has 1 aromatic heterocycles. The van der Waals surface area contributed by atoms with Crippen molar-refractivity contribution in [1.82, 2.24) is 9.47 Å². The van der Waals surface area contributed by atoms with E-state index in [-0.39, 0.29) is 5.91 Å². The first kappa shape index (κ1) is 17.1. The minimum atomic E-state index is 0.126. The van der Waals surface area contributed by atoms with Crippen molar-refractivity contribution in [2.24, 2.45) is 0 Å². The second-order valence-corrected chi connectivity index (χ2v) is 6.38. The van der Waals surface area contributed by atoms with Crippen LogP contribution >= 0.6 is 0 Å². The van der Waals surface area contributed by atoms with Crippen molar-refractivity contribution in [3.05, 3.63) is 65.9 Å². The molecule has 0 radical (unpaired) electrons. The fraction of sp³-hybridized carbons (Fsp3) is 0.286. The molecule has 2 aromatic carbocycles. The quantitative estimate of drug-likeness (QED) is 0.682. The van der Waals surface area contributed by atoms with Gasteiger partial charge in [0.25, 0.3) is 0 Å². The summed E-state index contributed by atoms with van der Waals surface area (Å²) in [6.07, 6.45) is 2.52. The van der Waals surface area contributed by atoms with Crippen LogP contribution in [0.3, 0.4) is 0 Å². The molecule has 1 heterocycles. The molecule has 130 valence electrons. The van der Waals surface area contributed by atoms with E-state index in [0.717, 1.165) is 16.9 Å². The van der Waals surface area contributed by atoms with Crippen molar-refractivity contribution in [1.29, 1.82) is 0 Å². The lowest BCUT2D eigenvalue weighted by Crippen LogP contribution is -2.27. The summed E-state index contributed by atoms with van der Waals surface area (Å²) in [5, 5.41) is 1.20. The van der Waals surface area contributed by atoms with E-state index < -0.39 is 0 Å². The Morgan fingerprint density at radius 3 is 2.76 bits per heavy atom. The number of amides is 1. The monoisotopic (exact) mass is 336 g/mol. The maximum Gasteiger partial charge on any atom is 0.224 e. The van der Waals surface area contributed by atoms with Gasteiger partial charge < -0.3 is 14.2 Å². The molecule has 4 nitrogen and oxygen atoms in total. The van der Waals surface area contributed by atoms with Crippen LogP contribution < -0.4 is 4.74 Å². The Labute approximate surface area is 148 Å². The number of benzene rings is 2. The van der Waals surface area contributed by atoms with Crippen molar-refractivity contribution in [2.75, 3.05) is 14.2 Å². The number of ether oxygens (including phenoxy) is 1. The van der Waals surface area contributed by atoms with Crippen LogP contribution in [0.25, 0.3) is 10.9 Å². The third-order valence-electron chi connectivity index (χ3n) is 4.52. The molecule has 0 saturated heterocycles. The van der Waals surface area contributed by atoms with Gasteiger partial charge >= 0.3 is 0 Å². The Hall–Kier alpha value is -2.75. The Kier molecular flexibility index (Phi) is 5.08. The lowest BCUT2D eigenvalue weighted by molar-refractivity contribution is -0.130. The van der Waals surface area contributed by atoms with Gasteiger partial charge in [0.15, 0.2) is 0 Å². The molecule has 0 saturated carbocycles. The minimum Gasteiger partial charge on any atom is -0.496 e. The van der Waals surface area contributed by atoms with Gasteiger partial charge in [0.2, 0.25) is 5.91 Å². The van der Waals surface area contributed by atoms with E-state index in [4.69, 9.17) is 4.74 Å². The predicted molar refractivity (Wildman–Crippen MR) is 101 cm³/mol. The highest BCUT2D eigenvalue weighted by atomic mass is 16.5. The van der Waals surface area contributed by atoms with Crippen LogP contribution in [0.4, 0.5) is 0 Å². The summed E-state index contributed by atoms with van der Waals surface area (Å²) in [7, 11) is 3.50. The van der Waals surface area contributed by atoms with Crippen LogP contribution in [0.5, 0.6) is 5.75 Å². The van der Waals surface area contributed by atoms with Crippen molar-refractivity contribution in [2.45, 2.75) is 26.4 Å². The number of fused-ring (bicyclic) bond motifs is 1. The molecule has 3 rings (SSSR count). The molecule has 0 fully saturated rings. The normalized spacial score (nSPS) is 10.8. The smallest absolute Gasteiger partial charge is 0.224 e. The lowest BCUT2D eigenvalue weighted by Gasteiger charge is -2.19. The Bertz CT molecular complexity index is 882. The Balaban J connectivity index is 1.64. The highest BCUT2D eigenvalue weighted by molar-refractivity contribution is 5.80. The zero-order valence-electron chi connectivity index (χ0n) is 15.0. The molecule has 0 unspecified atom stereocenters. The molecule has 0 N–H and O–H groups in total. The minimum absolute atomic E-state index is 0.126. The van der Waals surface area contributed by atoms with E-state index in [1.807, 2.05) is 44.4 Å². The van der Waals surface area contributed by atoms with Gasteiger partial charge in [-0.1, -0.05) is 35.9 Å². The van der Waals surface area contributed by atoms with Crippen molar-refractivity contribution in [3.63, 3.8) is 0 Å². The number of rotatable bonds is 6. The highest BCUT2D eigenvalue weighted by Gasteiger charge is 2.13. The van der Waals surface area contributed by atoms with Gasteiger partial charge in [0.05, 0.1) is 7.11 Å². The first-order valence-corrected chi connectivity index (χ1v) is 8.50. The summed E-state index contributed by atoms with van der Waals surface area (Å²) in [5.41, 5.74) is 3.36. The number of nitrogens with zero attached hydrogens (tertiary/aromatic N) is 2. The van der Waals surface area contributed by atoms with Crippen LogP contribution in [0.1, 0.15) is 17.5 Å². The molecule has 0 spiro atoms. The van der Waals surface area contributed by atoms with Gasteiger partial charge in [-0.2, -0.15) is 0 Å². The van der Waals surface area contributed by atoms with E-state index in [0.29, 0.717) is 19.5 Å². The maximum absolute atomic E-state index is 12.5. The fourth-order valence-corrected chi connectivity index (χ4v) is 3.12. The van der Waals surface area contributed by atoms with Gasteiger partial charge in [-0.05, 0) is 30.5 Å². The zero-order chi connectivity index (χ0) is 17.8. The first-order valence-electron chi connectivity index (χ1n) is 8.50. The van der Waals surface area contributed by atoms with Crippen LogP contribution in [-0.4, -0.2) is 29.5 Å². The highest BCUT2D eigenvalue weighted by Crippen LogP contribution is 2.21. The van der Waals surface area contributed by atoms with Crippen LogP contribution in [0.15, 0.2) is 54.7 Å². The number of carbonyl (C=O) groups excluding carboxylic acids is 1. The first-order chi connectivity index (χ1) is 12.1. The summed E-state index contributed by atoms with van der Waals surface area (Å²) in [4.78, 5) is 14.3. The molecular weight excluding hydrogens is 312 g/mol. The van der Waals surface area contributed by atoms with Gasteiger partial charge in [-0.3, -0.25) is 4.79 Å². The van der Waals surface area contributed by atoms with E-state index in [9.17, 15) is 4.79 Å². The maximum atomic E-state index is 12.5. The largest absolute Gasteiger partial charge is 0.496 e. The van der Waals surface area contributed by atoms with Gasteiger partial charge in [-0.15, -0.1) is 0 Å². The number of aromatic nitrogens is 1.